The Kier molecular flexibility index (Phi) is 2.59. The van der Waals surface area contributed by atoms with Crippen LogP contribution in [0.25, 0.3) is 11.3 Å². The Morgan fingerprint density at radius 1 is 1.25 bits per heavy atom. The van der Waals surface area contributed by atoms with Crippen molar-refractivity contribution in [2.45, 2.75) is 0 Å². The van der Waals surface area contributed by atoms with E-state index in [0.717, 1.165) is 18.5 Å². The molecule has 0 aliphatic carbocycles. The minimum absolute atomic E-state index is 0.0358. The zero-order valence-corrected chi connectivity index (χ0v) is 8.01. The summed E-state index contributed by atoms with van der Waals surface area (Å²) in [6.45, 7) is 0. The van der Waals surface area contributed by atoms with Gasteiger partial charge in [-0.3, -0.25) is 9.59 Å². The summed E-state index contributed by atoms with van der Waals surface area (Å²) >= 11 is 0. The second-order valence-electron chi connectivity index (χ2n) is 3.03. The fourth-order valence-corrected chi connectivity index (χ4v) is 1.37. The first-order valence-electron chi connectivity index (χ1n) is 4.40. The van der Waals surface area contributed by atoms with Gasteiger partial charge in [-0.1, -0.05) is 0 Å². The molecule has 0 aliphatic rings. The minimum atomic E-state index is -0.520. The van der Waals surface area contributed by atoms with Gasteiger partial charge in [0.2, 0.25) is 0 Å². The molecule has 0 aliphatic heterocycles. The Bertz CT molecular complexity index is 548. The first-order valence-corrected chi connectivity index (χ1v) is 4.40. The Balaban J connectivity index is 2.66. The highest BCUT2D eigenvalue weighted by Gasteiger charge is 2.14. The molecular formula is C11H6FNO3. The zero-order valence-electron chi connectivity index (χ0n) is 8.01. The summed E-state index contributed by atoms with van der Waals surface area (Å²) in [6.07, 6.45) is 2.11. The Hall–Kier alpha value is -2.30. The molecule has 16 heavy (non-hydrogen) atoms. The minimum Gasteiger partial charge on any atom is -0.443 e. The van der Waals surface area contributed by atoms with Crippen molar-refractivity contribution in [3.8, 4) is 11.3 Å². The van der Waals surface area contributed by atoms with Crippen molar-refractivity contribution in [3.63, 3.8) is 0 Å². The van der Waals surface area contributed by atoms with Gasteiger partial charge >= 0.3 is 0 Å². The molecule has 2 aromatic rings. The number of aromatic nitrogens is 1. The third-order valence-corrected chi connectivity index (χ3v) is 2.09. The van der Waals surface area contributed by atoms with Crippen LogP contribution in [0.2, 0.25) is 0 Å². The van der Waals surface area contributed by atoms with E-state index in [1.165, 1.54) is 6.07 Å². The summed E-state index contributed by atoms with van der Waals surface area (Å²) in [5, 5.41) is 0. The molecule has 2 rings (SSSR count). The number of hydrogen-bond donors (Lipinski definition) is 0. The predicted molar refractivity (Wildman–Crippen MR) is 52.7 cm³/mol. The lowest BCUT2D eigenvalue weighted by atomic mass is 10.0. The summed E-state index contributed by atoms with van der Waals surface area (Å²) in [4.78, 5) is 25.0. The van der Waals surface area contributed by atoms with Crippen LogP contribution in [-0.4, -0.2) is 17.6 Å². The van der Waals surface area contributed by atoms with Crippen molar-refractivity contribution >= 4 is 12.6 Å². The lowest BCUT2D eigenvalue weighted by Crippen LogP contribution is -1.91. The number of halogens is 1. The van der Waals surface area contributed by atoms with Gasteiger partial charge in [0.25, 0.3) is 0 Å². The normalized spacial score (nSPS) is 10.1. The van der Waals surface area contributed by atoms with E-state index in [0.29, 0.717) is 12.6 Å². The van der Waals surface area contributed by atoms with Gasteiger partial charge in [-0.05, 0) is 18.2 Å². The Morgan fingerprint density at radius 3 is 2.75 bits per heavy atom. The lowest BCUT2D eigenvalue weighted by Gasteiger charge is -2.01. The molecule has 5 heteroatoms. The molecule has 0 amide bonds. The summed E-state index contributed by atoms with van der Waals surface area (Å²) in [5.74, 6) is -0.426. The van der Waals surface area contributed by atoms with Crippen molar-refractivity contribution in [1.82, 2.24) is 4.98 Å². The van der Waals surface area contributed by atoms with Crippen LogP contribution in [0.3, 0.4) is 0 Å². The van der Waals surface area contributed by atoms with Gasteiger partial charge in [0.1, 0.15) is 11.5 Å². The first-order chi connectivity index (χ1) is 7.76. The quantitative estimate of drug-likeness (QED) is 0.741. The highest BCUT2D eigenvalue weighted by atomic mass is 19.1. The molecule has 1 aromatic heterocycles. The molecule has 0 atom stereocenters. The maximum Gasteiger partial charge on any atom is 0.182 e. The number of nitrogens with zero attached hydrogens (tertiary/aromatic N) is 1. The zero-order chi connectivity index (χ0) is 11.5. The van der Waals surface area contributed by atoms with Gasteiger partial charge in [-0.2, -0.15) is 0 Å². The van der Waals surface area contributed by atoms with E-state index in [1.54, 1.807) is 0 Å². The second-order valence-corrected chi connectivity index (χ2v) is 3.03. The molecule has 80 valence electrons. The average molecular weight is 219 g/mol. The number of oxazole rings is 1. The molecule has 0 bridgehead atoms. The van der Waals surface area contributed by atoms with Gasteiger partial charge in [0.15, 0.2) is 24.7 Å². The number of rotatable bonds is 3. The van der Waals surface area contributed by atoms with Gasteiger partial charge in [0, 0.05) is 11.1 Å². The highest BCUT2D eigenvalue weighted by molar-refractivity contribution is 5.91. The van der Waals surface area contributed by atoms with E-state index < -0.39 is 5.82 Å². The van der Waals surface area contributed by atoms with E-state index >= 15 is 0 Å². The van der Waals surface area contributed by atoms with Crippen molar-refractivity contribution in [2.24, 2.45) is 0 Å². The third-order valence-electron chi connectivity index (χ3n) is 2.09. The van der Waals surface area contributed by atoms with E-state index in [4.69, 9.17) is 4.42 Å². The van der Waals surface area contributed by atoms with Gasteiger partial charge in [-0.25, -0.2) is 9.37 Å². The van der Waals surface area contributed by atoms with Crippen LogP contribution < -0.4 is 0 Å². The van der Waals surface area contributed by atoms with Crippen LogP contribution in [0.5, 0.6) is 0 Å². The molecule has 0 unspecified atom stereocenters. The van der Waals surface area contributed by atoms with Crippen molar-refractivity contribution < 1.29 is 18.4 Å². The fourth-order valence-electron chi connectivity index (χ4n) is 1.37. The maximum atomic E-state index is 13.0. The number of carbonyl (C=O) groups is 2. The molecule has 0 fully saturated rings. The van der Waals surface area contributed by atoms with E-state index in [1.807, 2.05) is 0 Å². The van der Waals surface area contributed by atoms with Crippen molar-refractivity contribution in [1.29, 1.82) is 0 Å². The summed E-state index contributed by atoms with van der Waals surface area (Å²) in [7, 11) is 0. The molecule has 1 aromatic carbocycles. The lowest BCUT2D eigenvalue weighted by molar-refractivity contribution is 0.111. The Morgan fingerprint density at radius 2 is 2.06 bits per heavy atom. The molecule has 0 saturated heterocycles. The molecule has 0 N–H and O–H groups in total. The SMILES string of the molecule is O=Cc1ccc(F)cc1-c1ocnc1C=O. The summed E-state index contributed by atoms with van der Waals surface area (Å²) in [5.41, 5.74) is 0.490. The highest BCUT2D eigenvalue weighted by Crippen LogP contribution is 2.25. The average Bonchev–Trinajstić information content (AvgIpc) is 2.76. The fraction of sp³-hybridized carbons (Fsp3) is 0. The topological polar surface area (TPSA) is 60.2 Å². The molecule has 1 heterocycles. The van der Waals surface area contributed by atoms with Crippen LogP contribution in [0.1, 0.15) is 20.8 Å². The van der Waals surface area contributed by atoms with Crippen LogP contribution in [-0.2, 0) is 0 Å². The summed E-state index contributed by atoms with van der Waals surface area (Å²) < 4.78 is 18.0. The molecular weight excluding hydrogens is 213 g/mol. The number of carbonyl (C=O) groups excluding carboxylic acids is 2. The molecule has 0 saturated carbocycles. The number of aldehydes is 2. The van der Waals surface area contributed by atoms with Crippen LogP contribution in [0.4, 0.5) is 4.39 Å². The summed E-state index contributed by atoms with van der Waals surface area (Å²) in [6, 6.07) is 3.59. The van der Waals surface area contributed by atoms with E-state index in [9.17, 15) is 14.0 Å². The first kappa shape index (κ1) is 10.2. The Labute approximate surface area is 89.7 Å². The number of hydrogen-bond acceptors (Lipinski definition) is 4. The molecule has 0 spiro atoms. The second kappa shape index (κ2) is 4.06. The smallest absolute Gasteiger partial charge is 0.182 e. The van der Waals surface area contributed by atoms with Crippen molar-refractivity contribution in [3.05, 3.63) is 41.7 Å². The van der Waals surface area contributed by atoms with E-state index in [2.05, 4.69) is 4.98 Å². The van der Waals surface area contributed by atoms with Gasteiger partial charge < -0.3 is 4.42 Å². The monoisotopic (exact) mass is 219 g/mol. The van der Waals surface area contributed by atoms with Gasteiger partial charge in [0.05, 0.1) is 0 Å². The molecule has 0 radical (unpaired) electrons. The van der Waals surface area contributed by atoms with Gasteiger partial charge in [-0.15, -0.1) is 0 Å². The van der Waals surface area contributed by atoms with Crippen LogP contribution >= 0.6 is 0 Å². The van der Waals surface area contributed by atoms with Crippen molar-refractivity contribution in [2.75, 3.05) is 0 Å². The maximum absolute atomic E-state index is 13.0. The van der Waals surface area contributed by atoms with Crippen LogP contribution in [0.15, 0.2) is 29.0 Å². The third kappa shape index (κ3) is 1.63. The van der Waals surface area contributed by atoms with Crippen LogP contribution in [0, 0.1) is 5.82 Å². The molecule has 4 nitrogen and oxygen atoms in total. The largest absolute Gasteiger partial charge is 0.443 e. The standard InChI is InChI=1S/C11H6FNO3/c12-8-2-1-7(4-14)9(3-8)11-10(5-15)13-6-16-11/h1-6H. The predicted octanol–water partition coefficient (Wildman–Crippen LogP) is 2.11. The van der Waals surface area contributed by atoms with E-state index in [-0.39, 0.29) is 22.6 Å². The number of benzene rings is 1.